The maximum atomic E-state index is 12.8. The molecule has 0 bridgehead atoms. The number of amides is 1. The lowest BCUT2D eigenvalue weighted by atomic mass is 10.2. The second kappa shape index (κ2) is 7.64. The Hall–Kier alpha value is -2.42. The zero-order valence-corrected chi connectivity index (χ0v) is 14.1. The van der Waals surface area contributed by atoms with Crippen molar-refractivity contribution >= 4 is 23.4 Å². The van der Waals surface area contributed by atoms with Crippen LogP contribution in [0.4, 0.5) is 14.5 Å². The lowest BCUT2D eigenvalue weighted by Gasteiger charge is -2.18. The highest BCUT2D eigenvalue weighted by Crippen LogP contribution is 2.32. The number of hydrogen-bond donors (Lipinski definition) is 1. The van der Waals surface area contributed by atoms with Crippen LogP contribution in [0.15, 0.2) is 29.4 Å². The van der Waals surface area contributed by atoms with Crippen molar-refractivity contribution in [2.75, 3.05) is 24.3 Å². The van der Waals surface area contributed by atoms with Crippen LogP contribution in [0.3, 0.4) is 0 Å². The fraction of sp³-hybridized carbons (Fsp3) is 0.312. The normalized spacial score (nSPS) is 13.0. The minimum absolute atomic E-state index is 0.000569. The van der Waals surface area contributed by atoms with Crippen LogP contribution in [0.1, 0.15) is 17.8 Å². The molecule has 0 saturated heterocycles. The Morgan fingerprint density at radius 2 is 2.00 bits per heavy atom. The molecule has 2 aromatic rings. The standard InChI is InChI=1S/C16H15F2N3O3S/c1-9-6-11(15(17)18)21-16(19-9)25-8-14(22)20-10-2-3-12-13(7-10)24-5-4-23-12/h2-3,6-7,15H,4-5,8H2,1H3,(H,20,22). The average Bonchev–Trinajstić information content (AvgIpc) is 2.59. The molecule has 1 aromatic carbocycles. The van der Waals surface area contributed by atoms with Crippen LogP contribution in [0.5, 0.6) is 11.5 Å². The molecule has 1 aromatic heterocycles. The highest BCUT2D eigenvalue weighted by Gasteiger charge is 2.15. The molecule has 1 amide bonds. The van der Waals surface area contributed by atoms with Gasteiger partial charge in [-0.2, -0.15) is 0 Å². The molecule has 0 aliphatic carbocycles. The van der Waals surface area contributed by atoms with Crippen LogP contribution < -0.4 is 14.8 Å². The molecule has 9 heteroatoms. The maximum Gasteiger partial charge on any atom is 0.280 e. The van der Waals surface area contributed by atoms with E-state index in [1.807, 2.05) is 0 Å². The predicted octanol–water partition coefficient (Wildman–Crippen LogP) is 3.22. The van der Waals surface area contributed by atoms with Crippen LogP contribution in [0.2, 0.25) is 0 Å². The molecule has 25 heavy (non-hydrogen) atoms. The van der Waals surface area contributed by atoms with Gasteiger partial charge < -0.3 is 14.8 Å². The van der Waals surface area contributed by atoms with Gasteiger partial charge in [-0.25, -0.2) is 18.7 Å². The number of ether oxygens (including phenoxy) is 2. The second-order valence-corrected chi connectivity index (χ2v) is 6.16. The summed E-state index contributed by atoms with van der Waals surface area (Å²) in [6, 6.07) is 6.32. The number of rotatable bonds is 5. The third kappa shape index (κ3) is 4.56. The number of carbonyl (C=O) groups excluding carboxylic acids is 1. The van der Waals surface area contributed by atoms with Crippen LogP contribution in [-0.2, 0) is 4.79 Å². The number of aromatic nitrogens is 2. The van der Waals surface area contributed by atoms with Crippen LogP contribution >= 0.6 is 11.8 Å². The molecular formula is C16H15F2N3O3S. The molecule has 3 rings (SSSR count). The van der Waals surface area contributed by atoms with E-state index < -0.39 is 6.43 Å². The molecular weight excluding hydrogens is 352 g/mol. The van der Waals surface area contributed by atoms with Gasteiger partial charge in [0.05, 0.1) is 5.75 Å². The molecule has 2 heterocycles. The van der Waals surface area contributed by atoms with Crippen LogP contribution in [-0.4, -0.2) is 34.8 Å². The summed E-state index contributed by atoms with van der Waals surface area (Å²) in [5, 5.41) is 2.86. The minimum atomic E-state index is -2.67. The van der Waals surface area contributed by atoms with Gasteiger partial charge in [0.15, 0.2) is 16.7 Å². The van der Waals surface area contributed by atoms with Crippen molar-refractivity contribution in [3.8, 4) is 11.5 Å². The maximum absolute atomic E-state index is 12.8. The van der Waals surface area contributed by atoms with E-state index in [1.54, 1.807) is 25.1 Å². The number of fused-ring (bicyclic) bond motifs is 1. The quantitative estimate of drug-likeness (QED) is 0.646. The molecule has 1 N–H and O–H groups in total. The fourth-order valence-corrected chi connectivity index (χ4v) is 2.90. The molecule has 0 atom stereocenters. The second-order valence-electron chi connectivity index (χ2n) is 5.21. The van der Waals surface area contributed by atoms with Gasteiger partial charge in [0.1, 0.15) is 18.9 Å². The van der Waals surface area contributed by atoms with Gasteiger partial charge in [-0.05, 0) is 25.1 Å². The van der Waals surface area contributed by atoms with Crippen LogP contribution in [0.25, 0.3) is 0 Å². The summed E-state index contributed by atoms with van der Waals surface area (Å²) in [5.41, 5.74) is 0.649. The van der Waals surface area contributed by atoms with E-state index in [2.05, 4.69) is 15.3 Å². The fourth-order valence-electron chi connectivity index (χ4n) is 2.19. The molecule has 0 saturated carbocycles. The summed E-state index contributed by atoms with van der Waals surface area (Å²) in [4.78, 5) is 19.9. The van der Waals surface area contributed by atoms with E-state index in [1.165, 1.54) is 6.07 Å². The predicted molar refractivity (Wildman–Crippen MR) is 88.5 cm³/mol. The number of nitrogens with one attached hydrogen (secondary N) is 1. The van der Waals surface area contributed by atoms with Gasteiger partial charge in [-0.3, -0.25) is 4.79 Å². The minimum Gasteiger partial charge on any atom is -0.486 e. The summed E-state index contributed by atoms with van der Waals surface area (Å²) < 4.78 is 36.4. The Balaban J connectivity index is 1.60. The lowest BCUT2D eigenvalue weighted by molar-refractivity contribution is -0.113. The number of anilines is 1. The molecule has 0 fully saturated rings. The Morgan fingerprint density at radius 1 is 1.24 bits per heavy atom. The van der Waals surface area contributed by atoms with Gasteiger partial charge in [0, 0.05) is 17.4 Å². The van der Waals surface area contributed by atoms with E-state index >= 15 is 0 Å². The lowest BCUT2D eigenvalue weighted by Crippen LogP contribution is -2.17. The van der Waals surface area contributed by atoms with Gasteiger partial charge in [-0.1, -0.05) is 11.8 Å². The molecule has 0 spiro atoms. The topological polar surface area (TPSA) is 73.3 Å². The number of carbonyl (C=O) groups is 1. The first-order chi connectivity index (χ1) is 12.0. The highest BCUT2D eigenvalue weighted by molar-refractivity contribution is 7.99. The summed E-state index contributed by atoms with van der Waals surface area (Å²) in [5.74, 6) is 0.901. The summed E-state index contributed by atoms with van der Waals surface area (Å²) >= 11 is 0.999. The van der Waals surface area contributed by atoms with Crippen molar-refractivity contribution < 1.29 is 23.0 Å². The zero-order valence-electron chi connectivity index (χ0n) is 13.3. The van der Waals surface area contributed by atoms with Gasteiger partial charge >= 0.3 is 0 Å². The van der Waals surface area contributed by atoms with Crippen molar-refractivity contribution in [1.82, 2.24) is 9.97 Å². The Bertz CT molecular complexity index is 789. The molecule has 6 nitrogen and oxygen atoms in total. The largest absolute Gasteiger partial charge is 0.486 e. The van der Waals surface area contributed by atoms with Gasteiger partial charge in [0.2, 0.25) is 5.91 Å². The van der Waals surface area contributed by atoms with Crippen molar-refractivity contribution in [3.05, 3.63) is 35.7 Å². The van der Waals surface area contributed by atoms with E-state index in [0.717, 1.165) is 11.8 Å². The first-order valence-corrected chi connectivity index (χ1v) is 8.46. The number of aryl methyl sites for hydroxylation is 1. The third-order valence-electron chi connectivity index (χ3n) is 3.24. The third-order valence-corrected chi connectivity index (χ3v) is 4.08. The molecule has 1 aliphatic rings. The van der Waals surface area contributed by atoms with Crippen molar-refractivity contribution in [2.24, 2.45) is 0 Å². The number of alkyl halides is 2. The first kappa shape index (κ1) is 17.4. The number of nitrogens with zero attached hydrogens (tertiary/aromatic N) is 2. The number of halogens is 2. The molecule has 132 valence electrons. The number of hydrogen-bond acceptors (Lipinski definition) is 6. The van der Waals surface area contributed by atoms with Gasteiger partial charge in [0.25, 0.3) is 6.43 Å². The smallest absolute Gasteiger partial charge is 0.280 e. The average molecular weight is 367 g/mol. The van der Waals surface area contributed by atoms with E-state index in [9.17, 15) is 13.6 Å². The Morgan fingerprint density at radius 3 is 2.76 bits per heavy atom. The first-order valence-electron chi connectivity index (χ1n) is 7.47. The van der Waals surface area contributed by atoms with Crippen molar-refractivity contribution in [1.29, 1.82) is 0 Å². The Labute approximate surface area is 147 Å². The van der Waals surface area contributed by atoms with Crippen molar-refractivity contribution in [2.45, 2.75) is 18.5 Å². The van der Waals surface area contributed by atoms with Gasteiger partial charge in [-0.15, -0.1) is 0 Å². The number of thioether (sulfide) groups is 1. The van der Waals surface area contributed by atoms with E-state index in [4.69, 9.17) is 9.47 Å². The monoisotopic (exact) mass is 367 g/mol. The summed E-state index contributed by atoms with van der Waals surface area (Å²) in [7, 11) is 0. The summed E-state index contributed by atoms with van der Waals surface area (Å²) in [6.07, 6.45) is -2.67. The molecule has 0 radical (unpaired) electrons. The number of benzene rings is 1. The van der Waals surface area contributed by atoms with Crippen molar-refractivity contribution in [3.63, 3.8) is 0 Å². The van der Waals surface area contributed by atoms with Crippen LogP contribution in [0, 0.1) is 6.92 Å². The Kier molecular flexibility index (Phi) is 5.32. The zero-order chi connectivity index (χ0) is 17.8. The molecule has 0 unspecified atom stereocenters. The summed E-state index contributed by atoms with van der Waals surface area (Å²) in [6.45, 7) is 2.55. The van der Waals surface area contributed by atoms with E-state index in [-0.39, 0.29) is 22.5 Å². The SMILES string of the molecule is Cc1cc(C(F)F)nc(SCC(=O)Nc2ccc3c(c2)OCCO3)n1. The van der Waals surface area contributed by atoms with E-state index in [0.29, 0.717) is 36.1 Å². The highest BCUT2D eigenvalue weighted by atomic mass is 32.2. The molecule has 1 aliphatic heterocycles.